The van der Waals surface area contributed by atoms with Crippen molar-refractivity contribution in [2.45, 2.75) is 0 Å². The number of phenols is 1. The van der Waals surface area contributed by atoms with Gasteiger partial charge in [0.25, 0.3) is 0 Å². The van der Waals surface area contributed by atoms with Crippen molar-refractivity contribution in [3.05, 3.63) is 29.3 Å². The molecule has 0 radical (unpaired) electrons. The largest absolute Gasteiger partial charge is 0.506 e. The van der Waals surface area contributed by atoms with Gasteiger partial charge in [0.1, 0.15) is 5.75 Å². The fourth-order valence-corrected chi connectivity index (χ4v) is 0.587. The van der Waals surface area contributed by atoms with Crippen LogP contribution < -0.4 is 0 Å². The second-order valence-electron chi connectivity index (χ2n) is 1.45. The molecule has 44 valence electrons. The minimum atomic E-state index is 0. The van der Waals surface area contributed by atoms with Crippen molar-refractivity contribution >= 4 is 11.6 Å². The molecule has 0 atom stereocenters. The van der Waals surface area contributed by atoms with Crippen LogP contribution in [-0.4, -0.2) is 5.11 Å². The van der Waals surface area contributed by atoms with E-state index in [1.54, 1.807) is 24.3 Å². The zero-order valence-corrected chi connectivity index (χ0v) is 8.56. The molecule has 0 unspecified atom stereocenters. The van der Waals surface area contributed by atoms with E-state index < -0.39 is 0 Å². The van der Waals surface area contributed by atoms with Gasteiger partial charge < -0.3 is 5.11 Å². The van der Waals surface area contributed by atoms with Crippen LogP contribution in [0, 0.1) is 0 Å². The summed E-state index contributed by atoms with van der Waals surface area (Å²) < 4.78 is 0. The van der Waals surface area contributed by atoms with Gasteiger partial charge in [-0.25, -0.2) is 0 Å². The van der Waals surface area contributed by atoms with E-state index in [1.807, 2.05) is 0 Å². The summed E-state index contributed by atoms with van der Waals surface area (Å²) in [7, 11) is 0. The van der Waals surface area contributed by atoms with E-state index in [4.69, 9.17) is 16.7 Å². The van der Waals surface area contributed by atoms with Gasteiger partial charge in [0.2, 0.25) is 0 Å². The van der Waals surface area contributed by atoms with Gasteiger partial charge in [0, 0.05) is 19.5 Å². The van der Waals surface area contributed by atoms with Crippen molar-refractivity contribution in [1.82, 2.24) is 0 Å². The van der Waals surface area contributed by atoms with Gasteiger partial charge in [-0.2, -0.15) is 0 Å². The number of hydrogen-bond acceptors (Lipinski definition) is 1. The van der Waals surface area contributed by atoms with E-state index >= 15 is 0 Å². The zero-order chi connectivity index (χ0) is 5.98. The summed E-state index contributed by atoms with van der Waals surface area (Å²) in [5.41, 5.74) is 0. The molecule has 0 aliphatic heterocycles. The molecule has 0 heterocycles. The first-order chi connectivity index (χ1) is 3.80. The first kappa shape index (κ1) is 8.93. The summed E-state index contributed by atoms with van der Waals surface area (Å²) in [6, 6.07) is 6.67. The third kappa shape index (κ3) is 2.34. The predicted molar refractivity (Wildman–Crippen MR) is 33.1 cm³/mol. The van der Waals surface area contributed by atoms with Crippen LogP contribution in [0.3, 0.4) is 0 Å². The van der Waals surface area contributed by atoms with Gasteiger partial charge in [0.05, 0.1) is 5.02 Å². The number of rotatable bonds is 0. The van der Waals surface area contributed by atoms with E-state index in [2.05, 4.69) is 0 Å². The van der Waals surface area contributed by atoms with Crippen molar-refractivity contribution in [3.8, 4) is 5.75 Å². The van der Waals surface area contributed by atoms with Crippen molar-refractivity contribution in [2.75, 3.05) is 0 Å². The minimum absolute atomic E-state index is 0. The summed E-state index contributed by atoms with van der Waals surface area (Å²) in [6.07, 6.45) is 0. The molecule has 0 spiro atoms. The summed E-state index contributed by atoms with van der Waals surface area (Å²) in [6.45, 7) is 0. The third-order valence-corrected chi connectivity index (χ3v) is 1.17. The summed E-state index contributed by atoms with van der Waals surface area (Å²) in [5.74, 6) is 0.133. The fourth-order valence-electron chi connectivity index (χ4n) is 0.452. The fraction of sp³-hybridized carbons (Fsp3) is 0. The molecule has 0 aliphatic rings. The van der Waals surface area contributed by atoms with E-state index in [9.17, 15) is 0 Å². The summed E-state index contributed by atoms with van der Waals surface area (Å²) >= 11 is 5.46. The van der Waals surface area contributed by atoms with Crippen LogP contribution in [-0.2, 0) is 19.5 Å². The van der Waals surface area contributed by atoms with Crippen LogP contribution in [0.5, 0.6) is 5.75 Å². The van der Waals surface area contributed by atoms with Gasteiger partial charge in [-0.05, 0) is 12.1 Å². The Morgan fingerprint density at radius 3 is 2.11 bits per heavy atom. The Kier molecular flexibility index (Phi) is 3.84. The van der Waals surface area contributed by atoms with Gasteiger partial charge in [-0.3, -0.25) is 0 Å². The number of halogens is 1. The Labute approximate surface area is 71.4 Å². The molecule has 1 aromatic rings. The number of para-hydroxylation sites is 1. The zero-order valence-electron chi connectivity index (χ0n) is 4.84. The van der Waals surface area contributed by atoms with E-state index in [-0.39, 0.29) is 25.2 Å². The van der Waals surface area contributed by atoms with Gasteiger partial charge in [-0.1, -0.05) is 23.7 Å². The standard InChI is InChI=1S/C6H5ClO.Zn/c7-5-3-1-2-4-6(5)8;/h1-4,8H;. The monoisotopic (exact) mass is 192 g/mol. The molecule has 3 heteroatoms. The Balaban J connectivity index is 0.000000640. The Morgan fingerprint density at radius 1 is 1.22 bits per heavy atom. The molecular formula is C6H5ClOZn. The summed E-state index contributed by atoms with van der Waals surface area (Å²) in [4.78, 5) is 0. The van der Waals surface area contributed by atoms with Crippen LogP contribution >= 0.6 is 11.6 Å². The second kappa shape index (κ2) is 3.87. The van der Waals surface area contributed by atoms with Crippen LogP contribution in [0.1, 0.15) is 0 Å². The molecule has 9 heavy (non-hydrogen) atoms. The molecule has 1 aromatic carbocycles. The van der Waals surface area contributed by atoms with Crippen molar-refractivity contribution in [1.29, 1.82) is 0 Å². The SMILES string of the molecule is Oc1ccccc1Cl.[Zn]. The molecule has 0 aliphatic carbocycles. The average molecular weight is 194 g/mol. The number of aromatic hydroxyl groups is 1. The van der Waals surface area contributed by atoms with Crippen molar-refractivity contribution < 1.29 is 24.6 Å². The van der Waals surface area contributed by atoms with E-state index in [0.717, 1.165) is 0 Å². The topological polar surface area (TPSA) is 20.2 Å². The maximum absolute atomic E-state index is 8.79. The molecule has 1 rings (SSSR count). The molecule has 0 saturated carbocycles. The Hall–Kier alpha value is -0.0666. The first-order valence-corrected chi connectivity index (χ1v) is 2.62. The quantitative estimate of drug-likeness (QED) is 0.626. The van der Waals surface area contributed by atoms with Crippen LogP contribution in [0.15, 0.2) is 24.3 Å². The van der Waals surface area contributed by atoms with Gasteiger partial charge >= 0.3 is 0 Å². The molecule has 0 aromatic heterocycles. The second-order valence-corrected chi connectivity index (χ2v) is 1.86. The number of hydrogen-bond donors (Lipinski definition) is 1. The number of benzene rings is 1. The predicted octanol–water partition coefficient (Wildman–Crippen LogP) is 2.04. The Morgan fingerprint density at radius 2 is 1.78 bits per heavy atom. The normalized spacial score (nSPS) is 8.11. The van der Waals surface area contributed by atoms with Crippen LogP contribution in [0.4, 0.5) is 0 Å². The first-order valence-electron chi connectivity index (χ1n) is 2.24. The van der Waals surface area contributed by atoms with Crippen LogP contribution in [0.2, 0.25) is 5.02 Å². The third-order valence-electron chi connectivity index (χ3n) is 0.852. The molecule has 1 N–H and O–H groups in total. The molecular weight excluding hydrogens is 189 g/mol. The maximum Gasteiger partial charge on any atom is 0.134 e. The van der Waals surface area contributed by atoms with E-state index in [0.29, 0.717) is 5.02 Å². The van der Waals surface area contributed by atoms with Crippen molar-refractivity contribution in [2.24, 2.45) is 0 Å². The Bertz CT molecular complexity index is 169. The van der Waals surface area contributed by atoms with Crippen LogP contribution in [0.25, 0.3) is 0 Å². The summed E-state index contributed by atoms with van der Waals surface area (Å²) in [5, 5.41) is 9.18. The van der Waals surface area contributed by atoms with Gasteiger partial charge in [-0.15, -0.1) is 0 Å². The average Bonchev–Trinajstić information content (AvgIpc) is 1.77. The van der Waals surface area contributed by atoms with Gasteiger partial charge in [0.15, 0.2) is 0 Å². The molecule has 0 amide bonds. The van der Waals surface area contributed by atoms with Crippen molar-refractivity contribution in [3.63, 3.8) is 0 Å². The smallest absolute Gasteiger partial charge is 0.134 e. The minimum Gasteiger partial charge on any atom is -0.506 e. The van der Waals surface area contributed by atoms with E-state index in [1.165, 1.54) is 0 Å². The molecule has 0 saturated heterocycles. The number of phenolic OH excluding ortho intramolecular Hbond substituents is 1. The molecule has 0 bridgehead atoms. The molecule has 1 nitrogen and oxygen atoms in total. The molecule has 0 fully saturated rings. The maximum atomic E-state index is 8.79.